The van der Waals surface area contributed by atoms with Crippen LogP contribution in [0.25, 0.3) is 5.69 Å². The summed E-state index contributed by atoms with van der Waals surface area (Å²) in [5, 5.41) is 16.4. The average molecular weight is 345 g/mol. The molecule has 0 saturated carbocycles. The van der Waals surface area contributed by atoms with Crippen LogP contribution in [0, 0.1) is 11.3 Å². The lowest BCUT2D eigenvalue weighted by Gasteiger charge is -2.09. The van der Waals surface area contributed by atoms with E-state index < -0.39 is 6.04 Å². The topological polar surface area (TPSA) is 83.6 Å². The highest BCUT2D eigenvalue weighted by molar-refractivity contribution is 5.76. The summed E-state index contributed by atoms with van der Waals surface area (Å²) >= 11 is 0. The van der Waals surface area contributed by atoms with Gasteiger partial charge in [-0.2, -0.15) is 10.4 Å². The van der Waals surface area contributed by atoms with E-state index in [0.29, 0.717) is 18.4 Å². The first kappa shape index (κ1) is 17.4. The number of pyridine rings is 1. The van der Waals surface area contributed by atoms with Gasteiger partial charge in [0.2, 0.25) is 5.91 Å². The van der Waals surface area contributed by atoms with Crippen molar-refractivity contribution in [1.29, 1.82) is 5.26 Å². The zero-order valence-electron chi connectivity index (χ0n) is 14.2. The van der Waals surface area contributed by atoms with Crippen molar-refractivity contribution in [2.75, 3.05) is 0 Å². The Morgan fingerprint density at radius 2 is 2.00 bits per heavy atom. The first-order valence-electron chi connectivity index (χ1n) is 8.45. The molecule has 0 aliphatic carbocycles. The van der Waals surface area contributed by atoms with E-state index in [1.807, 2.05) is 48.5 Å². The minimum Gasteiger partial charge on any atom is -0.337 e. The number of nitrogens with one attached hydrogen (secondary N) is 1. The van der Waals surface area contributed by atoms with Gasteiger partial charge >= 0.3 is 0 Å². The molecule has 0 aliphatic rings. The van der Waals surface area contributed by atoms with Crippen molar-refractivity contribution < 1.29 is 4.79 Å². The first-order chi connectivity index (χ1) is 12.8. The molecule has 1 amide bonds. The normalized spacial score (nSPS) is 11.5. The van der Waals surface area contributed by atoms with Crippen molar-refractivity contribution in [1.82, 2.24) is 20.1 Å². The first-order valence-corrected chi connectivity index (χ1v) is 8.45. The van der Waals surface area contributed by atoms with Crippen molar-refractivity contribution in [2.24, 2.45) is 0 Å². The summed E-state index contributed by atoms with van der Waals surface area (Å²) in [6.45, 7) is 0. The number of aryl methyl sites for hydroxylation is 1. The average Bonchev–Trinajstić information content (AvgIpc) is 3.18. The number of hydrogen-bond donors (Lipinski definition) is 1. The van der Waals surface area contributed by atoms with E-state index in [1.54, 1.807) is 23.3 Å². The summed E-state index contributed by atoms with van der Waals surface area (Å²) in [6, 6.07) is 16.8. The van der Waals surface area contributed by atoms with Gasteiger partial charge in [-0.1, -0.05) is 24.3 Å². The minimum absolute atomic E-state index is 0.153. The highest BCUT2D eigenvalue weighted by Gasteiger charge is 2.16. The number of carbonyl (C=O) groups excluding carboxylic acids is 1. The van der Waals surface area contributed by atoms with Gasteiger partial charge in [-0.3, -0.25) is 9.78 Å². The van der Waals surface area contributed by atoms with E-state index in [4.69, 9.17) is 0 Å². The molecule has 26 heavy (non-hydrogen) atoms. The summed E-state index contributed by atoms with van der Waals surface area (Å²) in [5.74, 6) is -0.153. The zero-order valence-corrected chi connectivity index (χ0v) is 14.2. The largest absolute Gasteiger partial charge is 0.337 e. The summed E-state index contributed by atoms with van der Waals surface area (Å²) in [7, 11) is 0. The lowest BCUT2D eigenvalue weighted by Crippen LogP contribution is -2.27. The van der Waals surface area contributed by atoms with Crippen molar-refractivity contribution in [2.45, 2.75) is 25.3 Å². The van der Waals surface area contributed by atoms with Gasteiger partial charge in [0.25, 0.3) is 0 Å². The van der Waals surface area contributed by atoms with Crippen molar-refractivity contribution in [3.63, 3.8) is 0 Å². The third-order valence-corrected chi connectivity index (χ3v) is 3.95. The van der Waals surface area contributed by atoms with Crippen LogP contribution in [-0.2, 0) is 11.2 Å². The predicted octanol–water partition coefficient (Wildman–Crippen LogP) is 2.97. The summed E-state index contributed by atoms with van der Waals surface area (Å²) < 4.78 is 1.69. The maximum atomic E-state index is 12.1. The quantitative estimate of drug-likeness (QED) is 0.713. The fourth-order valence-electron chi connectivity index (χ4n) is 2.61. The fourth-order valence-corrected chi connectivity index (χ4v) is 2.61. The van der Waals surface area contributed by atoms with E-state index in [2.05, 4.69) is 21.5 Å². The highest BCUT2D eigenvalue weighted by Crippen LogP contribution is 2.14. The Morgan fingerprint density at radius 3 is 2.73 bits per heavy atom. The molecule has 6 nitrogen and oxygen atoms in total. The Hall–Kier alpha value is -3.46. The third kappa shape index (κ3) is 4.54. The van der Waals surface area contributed by atoms with Gasteiger partial charge in [-0.05, 0) is 37.1 Å². The van der Waals surface area contributed by atoms with Crippen molar-refractivity contribution in [3.8, 4) is 11.8 Å². The molecule has 0 spiro atoms. The number of rotatable bonds is 7. The van der Waals surface area contributed by atoms with E-state index in [-0.39, 0.29) is 5.91 Å². The molecule has 2 aromatic heterocycles. The van der Waals surface area contributed by atoms with Gasteiger partial charge in [0.05, 0.1) is 18.0 Å². The predicted molar refractivity (Wildman–Crippen MR) is 97.2 cm³/mol. The number of aromatic nitrogens is 3. The second-order valence-corrected chi connectivity index (χ2v) is 5.86. The molecule has 130 valence electrons. The minimum atomic E-state index is -0.713. The van der Waals surface area contributed by atoms with Crippen LogP contribution in [0.1, 0.15) is 30.1 Å². The summed E-state index contributed by atoms with van der Waals surface area (Å²) in [5.41, 5.74) is 2.52. The Kier molecular flexibility index (Phi) is 5.73. The van der Waals surface area contributed by atoms with Crippen molar-refractivity contribution in [3.05, 3.63) is 78.4 Å². The van der Waals surface area contributed by atoms with E-state index >= 15 is 0 Å². The van der Waals surface area contributed by atoms with Gasteiger partial charge in [0, 0.05) is 30.1 Å². The summed E-state index contributed by atoms with van der Waals surface area (Å²) in [6.07, 6.45) is 6.88. The van der Waals surface area contributed by atoms with Crippen LogP contribution in [0.15, 0.2) is 67.1 Å². The molecular formula is C20H19N5O. The van der Waals surface area contributed by atoms with E-state index in [1.165, 1.54) is 0 Å². The number of nitriles is 1. The van der Waals surface area contributed by atoms with Crippen LogP contribution in [0.5, 0.6) is 0 Å². The fraction of sp³-hybridized carbons (Fsp3) is 0.200. The molecule has 3 aromatic rings. The second-order valence-electron chi connectivity index (χ2n) is 5.86. The van der Waals surface area contributed by atoms with Crippen LogP contribution >= 0.6 is 0 Å². The number of benzene rings is 1. The molecule has 1 N–H and O–H groups in total. The van der Waals surface area contributed by atoms with Crippen LogP contribution in [0.3, 0.4) is 0 Å². The molecule has 6 heteroatoms. The third-order valence-electron chi connectivity index (χ3n) is 3.95. The molecule has 0 bridgehead atoms. The number of carbonyl (C=O) groups is 1. The Morgan fingerprint density at radius 1 is 1.19 bits per heavy atom. The van der Waals surface area contributed by atoms with Crippen LogP contribution < -0.4 is 5.32 Å². The van der Waals surface area contributed by atoms with Gasteiger partial charge in [0.15, 0.2) is 0 Å². The van der Waals surface area contributed by atoms with Crippen LogP contribution in [0.4, 0.5) is 0 Å². The maximum absolute atomic E-state index is 12.1. The number of hydrogen-bond acceptors (Lipinski definition) is 4. The Labute approximate surface area is 152 Å². The second kappa shape index (κ2) is 8.58. The molecule has 0 saturated heterocycles. The standard InChI is InChI=1S/C20H19N5O/c21-13-19(16-14-23-25(15-16)18-9-2-1-3-10-18)24-20(26)11-6-8-17-7-4-5-12-22-17/h1-5,7,9-10,12,14-15,19H,6,8,11H2,(H,24,26)/t19-/m1/s1. The van der Waals surface area contributed by atoms with Gasteiger partial charge in [0.1, 0.15) is 6.04 Å². The van der Waals surface area contributed by atoms with E-state index in [9.17, 15) is 10.1 Å². The lowest BCUT2D eigenvalue weighted by molar-refractivity contribution is -0.121. The molecule has 0 aliphatic heterocycles. The smallest absolute Gasteiger partial charge is 0.221 e. The lowest BCUT2D eigenvalue weighted by atomic mass is 10.1. The maximum Gasteiger partial charge on any atom is 0.221 e. The van der Waals surface area contributed by atoms with Crippen molar-refractivity contribution >= 4 is 5.91 Å². The van der Waals surface area contributed by atoms with Gasteiger partial charge in [-0.15, -0.1) is 0 Å². The Balaban J connectivity index is 1.55. The molecule has 1 aromatic carbocycles. The molecule has 1 atom stereocenters. The molecule has 0 radical (unpaired) electrons. The molecular weight excluding hydrogens is 326 g/mol. The molecule has 0 unspecified atom stereocenters. The number of para-hydroxylation sites is 1. The number of amides is 1. The Bertz CT molecular complexity index is 883. The molecule has 0 fully saturated rings. The number of nitrogens with zero attached hydrogens (tertiary/aromatic N) is 4. The van der Waals surface area contributed by atoms with Crippen LogP contribution in [-0.4, -0.2) is 20.7 Å². The molecule has 2 heterocycles. The monoisotopic (exact) mass is 345 g/mol. The molecule has 3 rings (SSSR count). The SMILES string of the molecule is N#C[C@@H](NC(=O)CCCc1ccccn1)c1cnn(-c2ccccc2)c1. The van der Waals surface area contributed by atoms with E-state index in [0.717, 1.165) is 17.8 Å². The summed E-state index contributed by atoms with van der Waals surface area (Å²) in [4.78, 5) is 16.4. The van der Waals surface area contributed by atoms with Gasteiger partial charge < -0.3 is 5.32 Å². The van der Waals surface area contributed by atoms with Gasteiger partial charge in [-0.25, -0.2) is 4.68 Å². The zero-order chi connectivity index (χ0) is 18.2. The van der Waals surface area contributed by atoms with Crippen LogP contribution in [0.2, 0.25) is 0 Å². The highest BCUT2D eigenvalue weighted by atomic mass is 16.1.